The molecule has 0 spiro atoms. The van der Waals surface area contributed by atoms with Crippen LogP contribution in [-0.4, -0.2) is 79.6 Å². The second kappa shape index (κ2) is 7.85. The zero-order valence-corrected chi connectivity index (χ0v) is 13.7. The van der Waals surface area contributed by atoms with Crippen molar-refractivity contribution in [2.75, 3.05) is 25.1 Å². The first-order chi connectivity index (χ1) is 12.1. The van der Waals surface area contributed by atoms with Crippen molar-refractivity contribution in [3.05, 3.63) is 24.3 Å². The Kier molecular flexibility index (Phi) is 5.56. The maximum atomic E-state index is 9.81. The van der Waals surface area contributed by atoms with Crippen molar-refractivity contribution >= 4 is 17.0 Å². The van der Waals surface area contributed by atoms with E-state index in [0.29, 0.717) is 18.0 Å². The van der Waals surface area contributed by atoms with Crippen LogP contribution in [0.4, 0.5) is 5.82 Å². The van der Waals surface area contributed by atoms with Gasteiger partial charge in [0.15, 0.2) is 17.8 Å². The molecule has 25 heavy (non-hydrogen) atoms. The number of anilines is 1. The molecule has 0 bridgehead atoms. The van der Waals surface area contributed by atoms with Crippen LogP contribution in [0.1, 0.15) is 6.92 Å². The Hall–Kier alpha value is -2.11. The Morgan fingerprint density at radius 2 is 2.20 bits per heavy atom. The van der Waals surface area contributed by atoms with Crippen LogP contribution in [0.5, 0.6) is 0 Å². The van der Waals surface area contributed by atoms with Gasteiger partial charge in [0.25, 0.3) is 0 Å². The topological polar surface area (TPSA) is 146 Å². The van der Waals surface area contributed by atoms with Gasteiger partial charge in [-0.1, -0.05) is 6.08 Å². The number of aliphatic hydroxyl groups excluding tert-OH is 3. The average molecular weight is 351 g/mol. The summed E-state index contributed by atoms with van der Waals surface area (Å²) >= 11 is 0. The lowest BCUT2D eigenvalue weighted by Gasteiger charge is -2.34. The number of ether oxygens (including phenoxy) is 2. The van der Waals surface area contributed by atoms with Gasteiger partial charge in [-0.2, -0.15) is 0 Å². The molecule has 10 nitrogen and oxygen atoms in total. The number of hydrogen-bond donors (Lipinski definition) is 5. The summed E-state index contributed by atoms with van der Waals surface area (Å²) in [7, 11) is 0. The number of nitrogens with one attached hydrogen (secondary N) is 2. The van der Waals surface area contributed by atoms with Gasteiger partial charge >= 0.3 is 0 Å². The molecule has 2 aromatic rings. The number of aliphatic hydroxyl groups is 3. The first-order valence-electron chi connectivity index (χ1n) is 7.87. The van der Waals surface area contributed by atoms with Crippen LogP contribution in [0, 0.1) is 0 Å². The molecule has 136 valence electrons. The summed E-state index contributed by atoms with van der Waals surface area (Å²) in [6.45, 7) is 2.51. The predicted octanol–water partition coefficient (Wildman–Crippen LogP) is -0.833. The van der Waals surface area contributed by atoms with Crippen LogP contribution in [0.25, 0.3) is 11.2 Å². The van der Waals surface area contributed by atoms with E-state index in [-0.39, 0.29) is 13.2 Å². The smallest absolute Gasteiger partial charge is 0.186 e. The summed E-state index contributed by atoms with van der Waals surface area (Å²) in [5.41, 5.74) is 2.22. The summed E-state index contributed by atoms with van der Waals surface area (Å²) < 4.78 is 10.6. The highest BCUT2D eigenvalue weighted by Crippen LogP contribution is 2.17. The van der Waals surface area contributed by atoms with Crippen molar-refractivity contribution in [2.45, 2.75) is 31.5 Å². The maximum absolute atomic E-state index is 9.81. The molecule has 2 aromatic heterocycles. The highest BCUT2D eigenvalue weighted by Gasteiger charge is 2.38. The molecule has 0 radical (unpaired) electrons. The number of hydrogen-bond acceptors (Lipinski definition) is 9. The monoisotopic (exact) mass is 351 g/mol. The van der Waals surface area contributed by atoms with Crippen LogP contribution in [0.15, 0.2) is 24.3 Å². The predicted molar refractivity (Wildman–Crippen MR) is 87.6 cm³/mol. The minimum atomic E-state index is -1.29. The van der Waals surface area contributed by atoms with Gasteiger partial charge in [0, 0.05) is 6.54 Å². The van der Waals surface area contributed by atoms with Crippen molar-refractivity contribution in [3.8, 4) is 0 Å². The number of rotatable bonds is 6. The van der Waals surface area contributed by atoms with Gasteiger partial charge in [-0.3, -0.25) is 0 Å². The van der Waals surface area contributed by atoms with E-state index < -0.39 is 24.6 Å². The molecule has 0 unspecified atom stereocenters. The maximum Gasteiger partial charge on any atom is 0.186 e. The van der Waals surface area contributed by atoms with Crippen LogP contribution < -0.4 is 5.32 Å². The third kappa shape index (κ3) is 4.11. The van der Waals surface area contributed by atoms with E-state index >= 15 is 0 Å². The van der Waals surface area contributed by atoms with Crippen LogP contribution in [-0.2, 0) is 9.47 Å². The van der Waals surface area contributed by atoms with Gasteiger partial charge in [0.2, 0.25) is 0 Å². The molecular formula is C15H21N5O5. The van der Waals surface area contributed by atoms with Crippen LogP contribution in [0.2, 0.25) is 0 Å². The zero-order valence-electron chi connectivity index (χ0n) is 13.7. The highest BCUT2D eigenvalue weighted by atomic mass is 16.7. The molecule has 3 rings (SSSR count). The number of aromatic amines is 1. The summed E-state index contributed by atoms with van der Waals surface area (Å²) in [6, 6.07) is 0. The molecule has 0 amide bonds. The summed E-state index contributed by atoms with van der Waals surface area (Å²) in [5, 5.41) is 32.0. The normalized spacial score (nSPS) is 27.6. The average Bonchev–Trinajstić information content (AvgIpc) is 3.09. The summed E-state index contributed by atoms with van der Waals surface area (Å²) in [6.07, 6.45) is 0.255. The van der Waals surface area contributed by atoms with Gasteiger partial charge in [-0.15, -0.1) is 0 Å². The largest absolute Gasteiger partial charge is 0.388 e. The first-order valence-corrected chi connectivity index (χ1v) is 7.87. The molecule has 0 saturated carbocycles. The van der Waals surface area contributed by atoms with Crippen molar-refractivity contribution < 1.29 is 24.8 Å². The fourth-order valence-electron chi connectivity index (χ4n) is 2.42. The third-order valence-electron chi connectivity index (χ3n) is 3.87. The number of fused-ring (bicyclic) bond motifs is 1. The van der Waals surface area contributed by atoms with E-state index in [1.165, 1.54) is 6.33 Å². The second-order valence-electron chi connectivity index (χ2n) is 5.82. The van der Waals surface area contributed by atoms with E-state index in [9.17, 15) is 15.3 Å². The Morgan fingerprint density at radius 3 is 3.04 bits per heavy atom. The highest BCUT2D eigenvalue weighted by molar-refractivity contribution is 5.81. The number of H-pyrrole nitrogens is 1. The third-order valence-corrected chi connectivity index (χ3v) is 3.87. The Bertz CT molecular complexity index is 736. The molecule has 1 aliphatic heterocycles. The zero-order chi connectivity index (χ0) is 17.8. The molecule has 1 aliphatic rings. The molecule has 4 atom stereocenters. The molecule has 1 fully saturated rings. The number of aromatic nitrogens is 4. The Balaban J connectivity index is 1.48. The van der Waals surface area contributed by atoms with Crippen LogP contribution >= 0.6 is 0 Å². The molecular weight excluding hydrogens is 330 g/mol. The molecule has 1 saturated heterocycles. The van der Waals surface area contributed by atoms with Gasteiger partial charge in [-0.25, -0.2) is 15.0 Å². The second-order valence-corrected chi connectivity index (χ2v) is 5.82. The first kappa shape index (κ1) is 17.7. The standard InChI is InChI=1S/C15H21N5O5/c1-8(4-24-15-12(23)11(22)9(21)5-25-15)2-3-16-13-10-14(18-6-17-10)20-7-19-13/h2,6-7,9,11-12,15,21-23H,3-5H2,1H3,(H2,16,17,18,19,20)/b8-2+/t9-,11+,12-,15-/m1/s1. The lowest BCUT2D eigenvalue weighted by Crippen LogP contribution is -2.53. The minimum Gasteiger partial charge on any atom is -0.388 e. The minimum absolute atomic E-state index is 0.0822. The SMILES string of the molecule is C/C(=C\CNc1ncnc2nc[nH]c12)CO[C@@H]1OC[C@@H](O)[C@H](O)[C@H]1O. The van der Waals surface area contributed by atoms with Crippen molar-refractivity contribution in [2.24, 2.45) is 0 Å². The molecule has 10 heteroatoms. The van der Waals surface area contributed by atoms with E-state index in [1.807, 2.05) is 13.0 Å². The lowest BCUT2D eigenvalue weighted by molar-refractivity contribution is -0.267. The van der Waals surface area contributed by atoms with Gasteiger partial charge in [0.05, 0.1) is 19.5 Å². The van der Waals surface area contributed by atoms with E-state index in [0.717, 1.165) is 11.1 Å². The number of nitrogens with zero attached hydrogens (tertiary/aromatic N) is 3. The van der Waals surface area contributed by atoms with Gasteiger partial charge in [-0.05, 0) is 12.5 Å². The lowest BCUT2D eigenvalue weighted by atomic mass is 10.1. The number of imidazole rings is 1. The van der Waals surface area contributed by atoms with Crippen molar-refractivity contribution in [1.29, 1.82) is 0 Å². The molecule has 0 aromatic carbocycles. The quantitative estimate of drug-likeness (QED) is 0.421. The van der Waals surface area contributed by atoms with E-state index in [2.05, 4.69) is 25.3 Å². The summed E-state index contributed by atoms with van der Waals surface area (Å²) in [5.74, 6) is 0.649. The Labute approximate surface area is 143 Å². The van der Waals surface area contributed by atoms with E-state index in [1.54, 1.807) is 6.33 Å². The Morgan fingerprint density at radius 1 is 1.36 bits per heavy atom. The van der Waals surface area contributed by atoms with Gasteiger partial charge in [0.1, 0.15) is 30.2 Å². The van der Waals surface area contributed by atoms with Crippen molar-refractivity contribution in [3.63, 3.8) is 0 Å². The molecule has 3 heterocycles. The van der Waals surface area contributed by atoms with Crippen molar-refractivity contribution in [1.82, 2.24) is 19.9 Å². The molecule has 0 aliphatic carbocycles. The van der Waals surface area contributed by atoms with Gasteiger partial charge < -0.3 is 35.1 Å². The van der Waals surface area contributed by atoms with Crippen LogP contribution in [0.3, 0.4) is 0 Å². The fraction of sp³-hybridized carbons (Fsp3) is 0.533. The summed E-state index contributed by atoms with van der Waals surface area (Å²) in [4.78, 5) is 15.2. The molecule has 5 N–H and O–H groups in total. The van der Waals surface area contributed by atoms with E-state index in [4.69, 9.17) is 9.47 Å². The fourth-order valence-corrected chi connectivity index (χ4v) is 2.42.